The molecule has 20 heavy (non-hydrogen) atoms. The van der Waals surface area contributed by atoms with Crippen molar-refractivity contribution in [2.24, 2.45) is 0 Å². The minimum Gasteiger partial charge on any atom is -0.315 e. The van der Waals surface area contributed by atoms with Crippen LogP contribution >= 0.6 is 27.3 Å². The van der Waals surface area contributed by atoms with Gasteiger partial charge in [0, 0.05) is 26.9 Å². The Hall–Kier alpha value is -0.710. The van der Waals surface area contributed by atoms with E-state index in [1.54, 1.807) is 11.3 Å². The van der Waals surface area contributed by atoms with Crippen LogP contribution < -0.4 is 5.32 Å². The highest BCUT2D eigenvalue weighted by Crippen LogP contribution is 2.37. The van der Waals surface area contributed by atoms with Gasteiger partial charge in [-0.05, 0) is 25.6 Å². The fraction of sp³-hybridized carbons (Fsp3) is 0.438. The van der Waals surface area contributed by atoms with E-state index in [1.165, 1.54) is 21.7 Å². The van der Waals surface area contributed by atoms with Crippen LogP contribution in [0.2, 0.25) is 0 Å². The molecule has 0 unspecified atom stereocenters. The van der Waals surface area contributed by atoms with Crippen molar-refractivity contribution in [2.75, 3.05) is 7.05 Å². The molecule has 0 saturated carbocycles. The van der Waals surface area contributed by atoms with Crippen molar-refractivity contribution >= 4 is 27.3 Å². The van der Waals surface area contributed by atoms with Gasteiger partial charge in [0.2, 0.25) is 0 Å². The maximum absolute atomic E-state index is 4.91. The van der Waals surface area contributed by atoms with Crippen LogP contribution in [0.5, 0.6) is 0 Å². The van der Waals surface area contributed by atoms with Crippen LogP contribution in [0.1, 0.15) is 36.9 Å². The van der Waals surface area contributed by atoms with Gasteiger partial charge in [-0.15, -0.1) is 11.3 Å². The summed E-state index contributed by atoms with van der Waals surface area (Å²) >= 11 is 5.44. The maximum atomic E-state index is 4.91. The summed E-state index contributed by atoms with van der Waals surface area (Å²) in [6.45, 7) is 9.62. The summed E-state index contributed by atoms with van der Waals surface area (Å²) < 4.78 is 1.11. The molecule has 0 radical (unpaired) electrons. The number of aromatic nitrogens is 1. The third kappa shape index (κ3) is 3.30. The Morgan fingerprint density at radius 1 is 1.30 bits per heavy atom. The first-order valence-electron chi connectivity index (χ1n) is 6.74. The SMILES string of the molecule is CNCc1sc(-c2ccc(C)cc2Br)nc1C(C)(C)C. The van der Waals surface area contributed by atoms with E-state index in [0.717, 1.165) is 16.0 Å². The van der Waals surface area contributed by atoms with Gasteiger partial charge in [-0.3, -0.25) is 0 Å². The molecule has 1 heterocycles. The van der Waals surface area contributed by atoms with Gasteiger partial charge < -0.3 is 5.32 Å². The zero-order chi connectivity index (χ0) is 14.9. The van der Waals surface area contributed by atoms with E-state index in [-0.39, 0.29) is 5.41 Å². The number of thiazole rings is 1. The van der Waals surface area contributed by atoms with E-state index in [9.17, 15) is 0 Å². The van der Waals surface area contributed by atoms with Crippen molar-refractivity contribution in [3.05, 3.63) is 38.8 Å². The second kappa shape index (κ2) is 5.96. The molecule has 0 spiro atoms. The smallest absolute Gasteiger partial charge is 0.125 e. The Morgan fingerprint density at radius 2 is 2.00 bits per heavy atom. The Bertz CT molecular complexity index is 611. The van der Waals surface area contributed by atoms with Gasteiger partial charge in [0.15, 0.2) is 0 Å². The quantitative estimate of drug-likeness (QED) is 0.849. The molecule has 0 amide bonds. The summed E-state index contributed by atoms with van der Waals surface area (Å²) in [5.41, 5.74) is 3.69. The molecule has 0 atom stereocenters. The average Bonchev–Trinajstić information content (AvgIpc) is 2.73. The molecule has 2 rings (SSSR count). The number of aryl methyl sites for hydroxylation is 1. The van der Waals surface area contributed by atoms with E-state index < -0.39 is 0 Å². The van der Waals surface area contributed by atoms with Gasteiger partial charge in [-0.1, -0.05) is 48.8 Å². The Kier molecular flexibility index (Phi) is 4.67. The Balaban J connectivity index is 2.53. The normalized spacial score (nSPS) is 11.9. The highest BCUT2D eigenvalue weighted by atomic mass is 79.9. The minimum absolute atomic E-state index is 0.0676. The molecular weight excluding hydrogens is 332 g/mol. The largest absolute Gasteiger partial charge is 0.315 e. The lowest BCUT2D eigenvalue weighted by molar-refractivity contribution is 0.563. The molecule has 4 heteroatoms. The zero-order valence-corrected chi connectivity index (χ0v) is 15.1. The van der Waals surface area contributed by atoms with Crippen LogP contribution in [0.25, 0.3) is 10.6 Å². The van der Waals surface area contributed by atoms with Crippen molar-refractivity contribution in [1.82, 2.24) is 10.3 Å². The monoisotopic (exact) mass is 352 g/mol. The number of hydrogen-bond acceptors (Lipinski definition) is 3. The molecule has 1 aromatic heterocycles. The molecule has 0 aliphatic heterocycles. The number of nitrogens with zero attached hydrogens (tertiary/aromatic N) is 1. The third-order valence-corrected chi connectivity index (χ3v) is 4.84. The first kappa shape index (κ1) is 15.7. The van der Waals surface area contributed by atoms with E-state index in [0.29, 0.717) is 0 Å². The highest BCUT2D eigenvalue weighted by molar-refractivity contribution is 9.10. The molecule has 0 aliphatic carbocycles. The molecule has 1 N–H and O–H groups in total. The maximum Gasteiger partial charge on any atom is 0.125 e. The fourth-order valence-corrected chi connectivity index (χ4v) is 4.26. The third-order valence-electron chi connectivity index (χ3n) is 3.10. The van der Waals surface area contributed by atoms with E-state index in [1.807, 2.05) is 7.05 Å². The van der Waals surface area contributed by atoms with Crippen molar-refractivity contribution in [3.8, 4) is 10.6 Å². The summed E-state index contributed by atoms with van der Waals surface area (Å²) in [5, 5.41) is 4.33. The molecular formula is C16H21BrN2S. The van der Waals surface area contributed by atoms with Gasteiger partial charge in [0.05, 0.1) is 5.69 Å². The number of halogens is 1. The molecule has 2 aromatic rings. The molecule has 2 nitrogen and oxygen atoms in total. The lowest BCUT2D eigenvalue weighted by atomic mass is 9.91. The molecule has 1 aromatic carbocycles. The van der Waals surface area contributed by atoms with Gasteiger partial charge >= 0.3 is 0 Å². The number of hydrogen-bond donors (Lipinski definition) is 1. The van der Waals surface area contributed by atoms with E-state index >= 15 is 0 Å². The molecule has 108 valence electrons. The first-order chi connectivity index (χ1) is 9.32. The van der Waals surface area contributed by atoms with Gasteiger partial charge in [-0.2, -0.15) is 0 Å². The van der Waals surface area contributed by atoms with Crippen LogP contribution in [0.3, 0.4) is 0 Å². The standard InChI is InChI=1S/C16H21BrN2S/c1-10-6-7-11(12(17)8-10)15-19-14(16(2,3)4)13(20-15)9-18-5/h6-8,18H,9H2,1-5H3. The van der Waals surface area contributed by atoms with Gasteiger partial charge in [0.1, 0.15) is 5.01 Å². The topological polar surface area (TPSA) is 24.9 Å². The fourth-order valence-electron chi connectivity index (χ4n) is 2.13. The highest BCUT2D eigenvalue weighted by Gasteiger charge is 2.23. The van der Waals surface area contributed by atoms with Crippen molar-refractivity contribution in [2.45, 2.75) is 39.7 Å². The summed E-state index contributed by atoms with van der Waals surface area (Å²) in [4.78, 5) is 6.23. The number of nitrogens with one attached hydrogen (secondary N) is 1. The van der Waals surface area contributed by atoms with Crippen molar-refractivity contribution < 1.29 is 0 Å². The Labute approximate surface area is 133 Å². The van der Waals surface area contributed by atoms with Crippen LogP contribution in [0, 0.1) is 6.92 Å². The first-order valence-corrected chi connectivity index (χ1v) is 8.35. The number of rotatable bonds is 3. The van der Waals surface area contributed by atoms with Crippen LogP contribution in [-0.4, -0.2) is 12.0 Å². The summed E-state index contributed by atoms with van der Waals surface area (Å²) in [6.07, 6.45) is 0. The molecule has 0 saturated heterocycles. The summed E-state index contributed by atoms with van der Waals surface area (Å²) in [5.74, 6) is 0. The van der Waals surface area contributed by atoms with Crippen LogP contribution in [-0.2, 0) is 12.0 Å². The van der Waals surface area contributed by atoms with Gasteiger partial charge in [0.25, 0.3) is 0 Å². The second-order valence-corrected chi connectivity index (χ2v) is 7.99. The van der Waals surface area contributed by atoms with E-state index in [2.05, 4.69) is 67.1 Å². The second-order valence-electron chi connectivity index (χ2n) is 6.05. The van der Waals surface area contributed by atoms with Crippen molar-refractivity contribution in [3.63, 3.8) is 0 Å². The summed E-state index contributed by atoms with van der Waals surface area (Å²) in [6, 6.07) is 6.43. The number of benzene rings is 1. The predicted octanol–water partition coefficient (Wildman–Crippen LogP) is 4.90. The zero-order valence-electron chi connectivity index (χ0n) is 12.7. The lowest BCUT2D eigenvalue weighted by Crippen LogP contribution is -2.16. The van der Waals surface area contributed by atoms with E-state index in [4.69, 9.17) is 4.98 Å². The van der Waals surface area contributed by atoms with Crippen LogP contribution in [0.15, 0.2) is 22.7 Å². The summed E-state index contributed by atoms with van der Waals surface area (Å²) in [7, 11) is 1.98. The average molecular weight is 353 g/mol. The van der Waals surface area contributed by atoms with Crippen LogP contribution in [0.4, 0.5) is 0 Å². The minimum atomic E-state index is 0.0676. The van der Waals surface area contributed by atoms with Gasteiger partial charge in [-0.25, -0.2) is 4.98 Å². The predicted molar refractivity (Wildman–Crippen MR) is 91.5 cm³/mol. The molecule has 0 fully saturated rings. The molecule has 0 aliphatic rings. The van der Waals surface area contributed by atoms with Crippen molar-refractivity contribution in [1.29, 1.82) is 0 Å². The molecule has 0 bridgehead atoms. The Morgan fingerprint density at radius 3 is 2.55 bits per heavy atom. The lowest BCUT2D eigenvalue weighted by Gasteiger charge is -2.17.